The average Bonchev–Trinajstić information content (AvgIpc) is 2.93. The Morgan fingerprint density at radius 1 is 1.03 bits per heavy atom. The molecule has 1 saturated heterocycles. The van der Waals surface area contributed by atoms with Gasteiger partial charge in [-0.15, -0.1) is 0 Å². The molecule has 212 valence electrons. The lowest BCUT2D eigenvalue weighted by Crippen LogP contribution is -2.40. The first kappa shape index (κ1) is 30.3. The number of anilines is 1. The fourth-order valence-corrected chi connectivity index (χ4v) is 5.32. The van der Waals surface area contributed by atoms with Crippen molar-refractivity contribution in [3.8, 4) is 11.5 Å². The van der Waals surface area contributed by atoms with Gasteiger partial charge in [-0.3, -0.25) is 4.90 Å². The van der Waals surface area contributed by atoms with E-state index in [0.29, 0.717) is 43.9 Å². The summed E-state index contributed by atoms with van der Waals surface area (Å²) in [6.45, 7) is 6.39. The number of nitrogens with one attached hydrogen (secondary N) is 1. The Balaban J connectivity index is 2.00. The van der Waals surface area contributed by atoms with Crippen LogP contribution in [0.3, 0.4) is 0 Å². The Hall–Kier alpha value is -2.25. The molecule has 0 aliphatic carbocycles. The lowest BCUT2D eigenvalue weighted by Gasteiger charge is -2.29. The summed E-state index contributed by atoms with van der Waals surface area (Å²) in [5.41, 5.74) is 1.42. The molecule has 2 aromatic rings. The smallest absolute Gasteiger partial charge is 0.246 e. The van der Waals surface area contributed by atoms with Crippen LogP contribution in [0.1, 0.15) is 18.4 Å². The molecular weight excluding hydrogens is 508 g/mol. The van der Waals surface area contributed by atoms with E-state index in [1.54, 1.807) is 18.2 Å². The zero-order valence-corrected chi connectivity index (χ0v) is 23.3. The summed E-state index contributed by atoms with van der Waals surface area (Å²) < 4.78 is 40.0. The van der Waals surface area contributed by atoms with Crippen LogP contribution in [0.2, 0.25) is 0 Å². The van der Waals surface area contributed by atoms with Crippen molar-refractivity contribution in [1.82, 2.24) is 14.5 Å². The summed E-state index contributed by atoms with van der Waals surface area (Å²) in [5, 5.41) is 22.5. The summed E-state index contributed by atoms with van der Waals surface area (Å²) in [7, 11) is -0.854. The summed E-state index contributed by atoms with van der Waals surface area (Å²) in [6, 6.07) is 12.7. The first-order chi connectivity index (χ1) is 18.4. The lowest BCUT2D eigenvalue weighted by atomic mass is 10.1. The molecule has 3 rings (SSSR count). The van der Waals surface area contributed by atoms with Gasteiger partial charge < -0.3 is 29.9 Å². The van der Waals surface area contributed by atoms with Crippen LogP contribution in [0.25, 0.3) is 0 Å². The van der Waals surface area contributed by atoms with Gasteiger partial charge in [0.05, 0.1) is 18.9 Å². The molecule has 3 N–H and O–H groups in total. The third-order valence-corrected chi connectivity index (χ3v) is 8.19. The fraction of sp³-hybridized carbons (Fsp3) is 0.556. The summed E-state index contributed by atoms with van der Waals surface area (Å²) in [4.78, 5) is 4.40. The topological polar surface area (TPSA) is 115 Å². The molecule has 0 saturated carbocycles. The molecule has 2 aromatic carbocycles. The van der Waals surface area contributed by atoms with E-state index in [1.165, 1.54) is 18.4 Å². The number of morpholine rings is 1. The van der Waals surface area contributed by atoms with E-state index in [4.69, 9.17) is 9.47 Å². The van der Waals surface area contributed by atoms with Gasteiger partial charge in [0.1, 0.15) is 10.6 Å². The molecule has 0 bridgehead atoms. The highest BCUT2D eigenvalue weighted by Crippen LogP contribution is 2.40. The highest BCUT2D eigenvalue weighted by molar-refractivity contribution is 7.89. The van der Waals surface area contributed by atoms with Crippen LogP contribution in [0, 0.1) is 0 Å². The zero-order chi connectivity index (χ0) is 27.4. The highest BCUT2D eigenvalue weighted by Gasteiger charge is 2.28. The average molecular weight is 551 g/mol. The molecule has 0 spiro atoms. The fourth-order valence-electron chi connectivity index (χ4n) is 4.25. The van der Waals surface area contributed by atoms with E-state index in [0.717, 1.165) is 45.0 Å². The van der Waals surface area contributed by atoms with Crippen LogP contribution in [0.4, 0.5) is 5.69 Å². The first-order valence-corrected chi connectivity index (χ1v) is 14.6. The second-order valence-electron chi connectivity index (χ2n) is 9.42. The van der Waals surface area contributed by atoms with Crippen LogP contribution < -0.4 is 15.0 Å². The SMILES string of the molecule is CN(C)S(=O)(=O)c1cc(CNCCN2CCOCC2)cc(N(CCCO)CCCO)c1Oc1ccccc1. The van der Waals surface area contributed by atoms with E-state index in [9.17, 15) is 18.6 Å². The van der Waals surface area contributed by atoms with Crippen molar-refractivity contribution < 1.29 is 28.1 Å². The van der Waals surface area contributed by atoms with Gasteiger partial charge in [-0.2, -0.15) is 0 Å². The van der Waals surface area contributed by atoms with Crippen LogP contribution >= 0.6 is 0 Å². The minimum atomic E-state index is -3.86. The predicted octanol–water partition coefficient (Wildman–Crippen LogP) is 1.72. The Labute approximate surface area is 226 Å². The van der Waals surface area contributed by atoms with Crippen LogP contribution in [0.5, 0.6) is 11.5 Å². The minimum absolute atomic E-state index is 0.00383. The summed E-state index contributed by atoms with van der Waals surface area (Å²) >= 11 is 0. The number of benzene rings is 2. The van der Waals surface area contributed by atoms with Crippen LogP contribution in [0.15, 0.2) is 47.4 Å². The maximum Gasteiger partial charge on any atom is 0.246 e. The number of para-hydroxylation sites is 1. The largest absolute Gasteiger partial charge is 0.454 e. The van der Waals surface area contributed by atoms with Crippen LogP contribution in [-0.2, 0) is 21.3 Å². The molecule has 1 aliphatic rings. The number of hydrogen-bond acceptors (Lipinski definition) is 9. The molecule has 1 aliphatic heterocycles. The standard InChI is InChI=1S/C27H42N4O6S/c1-29(2)38(34,35)26-21-23(22-28-10-13-30-14-18-36-19-15-30)20-25(31(11-6-16-32)12-7-17-33)27(26)37-24-8-4-3-5-9-24/h3-5,8-9,20-21,28,32-33H,6-7,10-19,22H2,1-2H3. The number of ether oxygens (including phenoxy) is 2. The highest BCUT2D eigenvalue weighted by atomic mass is 32.2. The summed E-state index contributed by atoms with van der Waals surface area (Å²) in [5.74, 6) is 0.752. The molecule has 1 heterocycles. The molecule has 11 heteroatoms. The van der Waals surface area contributed by atoms with Crippen molar-refractivity contribution in [2.45, 2.75) is 24.3 Å². The molecule has 0 unspecified atom stereocenters. The van der Waals surface area contributed by atoms with Crippen LogP contribution in [-0.4, -0.2) is 108 Å². The van der Waals surface area contributed by atoms with Gasteiger partial charge in [0.15, 0.2) is 5.75 Å². The lowest BCUT2D eigenvalue weighted by molar-refractivity contribution is 0.0384. The number of aliphatic hydroxyl groups excluding tert-OH is 2. The normalized spacial score (nSPS) is 14.7. The van der Waals surface area contributed by atoms with E-state index in [2.05, 4.69) is 10.2 Å². The van der Waals surface area contributed by atoms with Crippen molar-refractivity contribution in [3.63, 3.8) is 0 Å². The Kier molecular flexibility index (Phi) is 12.3. The van der Waals surface area contributed by atoms with Gasteiger partial charge in [0, 0.05) is 73.1 Å². The Morgan fingerprint density at radius 2 is 1.68 bits per heavy atom. The quantitative estimate of drug-likeness (QED) is 0.269. The minimum Gasteiger partial charge on any atom is -0.454 e. The number of aliphatic hydroxyl groups is 2. The molecule has 1 fully saturated rings. The van der Waals surface area contributed by atoms with Crippen molar-refractivity contribution in [1.29, 1.82) is 0 Å². The Bertz CT molecular complexity index is 1070. The van der Waals surface area contributed by atoms with Crippen molar-refractivity contribution in [2.75, 3.05) is 84.7 Å². The monoisotopic (exact) mass is 550 g/mol. The van der Waals surface area contributed by atoms with Gasteiger partial charge in [0.2, 0.25) is 10.0 Å². The molecule has 10 nitrogen and oxygen atoms in total. The van der Waals surface area contributed by atoms with Gasteiger partial charge in [-0.1, -0.05) is 18.2 Å². The zero-order valence-electron chi connectivity index (χ0n) is 22.5. The van der Waals surface area contributed by atoms with E-state index >= 15 is 0 Å². The maximum absolute atomic E-state index is 13.5. The van der Waals surface area contributed by atoms with Gasteiger partial charge in [-0.05, 0) is 42.7 Å². The summed E-state index contributed by atoms with van der Waals surface area (Å²) in [6.07, 6.45) is 0.988. The Morgan fingerprint density at radius 3 is 2.29 bits per heavy atom. The molecule has 0 amide bonds. The van der Waals surface area contributed by atoms with Gasteiger partial charge >= 0.3 is 0 Å². The van der Waals surface area contributed by atoms with E-state index in [1.807, 2.05) is 29.2 Å². The number of hydrogen-bond donors (Lipinski definition) is 3. The first-order valence-electron chi connectivity index (χ1n) is 13.2. The second kappa shape index (κ2) is 15.4. The van der Waals surface area contributed by atoms with Crippen molar-refractivity contribution >= 4 is 15.7 Å². The molecule has 0 radical (unpaired) electrons. The maximum atomic E-state index is 13.5. The molecular formula is C27H42N4O6S. The molecule has 0 atom stereocenters. The second-order valence-corrected chi connectivity index (χ2v) is 11.5. The third-order valence-electron chi connectivity index (χ3n) is 6.37. The third kappa shape index (κ3) is 8.63. The number of rotatable bonds is 16. The van der Waals surface area contributed by atoms with Gasteiger partial charge in [0.25, 0.3) is 0 Å². The predicted molar refractivity (Wildman–Crippen MR) is 148 cm³/mol. The number of nitrogens with zero attached hydrogens (tertiary/aromatic N) is 3. The van der Waals surface area contributed by atoms with E-state index in [-0.39, 0.29) is 23.9 Å². The van der Waals surface area contributed by atoms with Crippen molar-refractivity contribution in [2.24, 2.45) is 0 Å². The van der Waals surface area contributed by atoms with E-state index < -0.39 is 10.0 Å². The molecule has 38 heavy (non-hydrogen) atoms. The van der Waals surface area contributed by atoms with Gasteiger partial charge in [-0.25, -0.2) is 12.7 Å². The molecule has 0 aromatic heterocycles. The van der Waals surface area contributed by atoms with Crippen molar-refractivity contribution in [3.05, 3.63) is 48.0 Å². The number of sulfonamides is 1.